The van der Waals surface area contributed by atoms with E-state index in [1.807, 2.05) is 42.5 Å². The zero-order chi connectivity index (χ0) is 36.1. The molecule has 0 aliphatic heterocycles. The van der Waals surface area contributed by atoms with Gasteiger partial charge in [-0.05, 0) is 80.2 Å². The number of rotatable bonds is 14. The van der Waals surface area contributed by atoms with Crippen molar-refractivity contribution in [3.8, 4) is 11.5 Å². The van der Waals surface area contributed by atoms with Gasteiger partial charge in [0.1, 0.15) is 12.4 Å². The van der Waals surface area contributed by atoms with Crippen molar-refractivity contribution in [1.29, 1.82) is 0 Å². The van der Waals surface area contributed by atoms with Crippen LogP contribution in [0.3, 0.4) is 0 Å². The summed E-state index contributed by atoms with van der Waals surface area (Å²) in [5.41, 5.74) is 4.14. The Balaban J connectivity index is 1.27. The van der Waals surface area contributed by atoms with E-state index in [-0.39, 0.29) is 30.5 Å². The van der Waals surface area contributed by atoms with E-state index in [9.17, 15) is 0 Å². The molecule has 3 aromatic carbocycles. The summed E-state index contributed by atoms with van der Waals surface area (Å²) in [6.07, 6.45) is 4.96. The van der Waals surface area contributed by atoms with Gasteiger partial charge in [0.2, 0.25) is 0 Å². The number of fused-ring (bicyclic) bond motifs is 3. The molecule has 7 heteroatoms. The molecule has 274 valence electrons. The first-order valence-electron chi connectivity index (χ1n) is 18.6. The van der Waals surface area contributed by atoms with Crippen LogP contribution < -0.4 is 9.47 Å². The van der Waals surface area contributed by atoms with Gasteiger partial charge in [0.25, 0.3) is 0 Å². The molecule has 0 unspecified atom stereocenters. The molecule has 3 aromatic rings. The highest BCUT2D eigenvalue weighted by atomic mass is 16.7. The number of ketones is 1. The van der Waals surface area contributed by atoms with Crippen LogP contribution in [-0.2, 0) is 43.6 Å². The average Bonchev–Trinajstić information content (AvgIpc) is 3.14. The molecule has 0 amide bonds. The third kappa shape index (κ3) is 7.54. The molecule has 2 saturated carbocycles. The van der Waals surface area contributed by atoms with Crippen molar-refractivity contribution in [3.63, 3.8) is 0 Å². The van der Waals surface area contributed by atoms with E-state index >= 15 is 4.79 Å². The fraction of sp³-hybridized carbons (Fsp3) is 0.523. The minimum Gasteiger partial charge on any atom is -0.493 e. The number of Topliss-reactive ketones (excluding diaryl/α,β-unsaturated/α-hetero) is 1. The number of carbonyl (C=O) groups is 1. The van der Waals surface area contributed by atoms with E-state index in [2.05, 4.69) is 64.1 Å². The highest BCUT2D eigenvalue weighted by molar-refractivity contribution is 5.92. The molecular formula is C44H56O7. The van der Waals surface area contributed by atoms with Gasteiger partial charge in [-0.15, -0.1) is 0 Å². The molecule has 0 saturated heterocycles. The van der Waals surface area contributed by atoms with Crippen molar-refractivity contribution in [2.45, 2.75) is 97.7 Å². The van der Waals surface area contributed by atoms with E-state index in [0.29, 0.717) is 44.3 Å². The van der Waals surface area contributed by atoms with Gasteiger partial charge >= 0.3 is 0 Å². The van der Waals surface area contributed by atoms with Crippen LogP contribution >= 0.6 is 0 Å². The Morgan fingerprint density at radius 2 is 1.41 bits per heavy atom. The normalized spacial score (nSPS) is 27.3. The lowest BCUT2D eigenvalue weighted by atomic mass is 9.48. The number of hydrogen-bond donors (Lipinski definition) is 0. The Hall–Kier alpha value is -3.49. The smallest absolute Gasteiger partial charge is 0.169 e. The summed E-state index contributed by atoms with van der Waals surface area (Å²) in [5.74, 6) is 1.26. The number of methoxy groups -OCH3 is 2. The van der Waals surface area contributed by atoms with Crippen molar-refractivity contribution >= 4 is 5.78 Å². The molecule has 0 N–H and O–H groups in total. The first-order valence-corrected chi connectivity index (χ1v) is 18.6. The van der Waals surface area contributed by atoms with Gasteiger partial charge < -0.3 is 28.4 Å². The third-order valence-electron chi connectivity index (χ3n) is 12.3. The molecule has 5 atom stereocenters. The summed E-state index contributed by atoms with van der Waals surface area (Å²) in [7, 11) is 3.25. The monoisotopic (exact) mass is 696 g/mol. The first-order chi connectivity index (χ1) is 24.6. The molecule has 2 bridgehead atoms. The molecule has 3 aliphatic carbocycles. The molecule has 0 aromatic heterocycles. The van der Waals surface area contributed by atoms with Crippen molar-refractivity contribution in [3.05, 3.63) is 107 Å². The van der Waals surface area contributed by atoms with Crippen LogP contribution in [0.5, 0.6) is 11.5 Å². The zero-order valence-corrected chi connectivity index (χ0v) is 31.4. The first kappa shape index (κ1) is 37.3. The van der Waals surface area contributed by atoms with Gasteiger partial charge in [0.15, 0.2) is 17.3 Å². The summed E-state index contributed by atoms with van der Waals surface area (Å²) in [4.78, 5) is 15.7. The van der Waals surface area contributed by atoms with Gasteiger partial charge in [-0.1, -0.05) is 98.6 Å². The second-order valence-electron chi connectivity index (χ2n) is 15.5. The standard InChI is InChI=1S/C44H56O7/c1-31-21-24-44(51-28-33-15-11-8-12-16-33)41(45)40-35(29-49-30-48-26-34-17-19-37(46-5)38(25-34)47-6)18-20-39(50-27-32-13-9-7-10-14-32)43(40,4)23-22-36(31)42(44,2)3/h7-17,19,25,35,39-40H,18,20-24,26-30H2,1-6H3/t35-,39-,40-,43+,44+/m0/s1. The van der Waals surface area contributed by atoms with E-state index in [4.69, 9.17) is 28.4 Å². The van der Waals surface area contributed by atoms with Crippen LogP contribution in [0.4, 0.5) is 0 Å². The third-order valence-corrected chi connectivity index (χ3v) is 12.3. The van der Waals surface area contributed by atoms with Crippen molar-refractivity contribution < 1.29 is 33.2 Å². The second-order valence-corrected chi connectivity index (χ2v) is 15.5. The molecule has 0 heterocycles. The Morgan fingerprint density at radius 3 is 2.10 bits per heavy atom. The number of allylic oxidation sites excluding steroid dienone is 1. The fourth-order valence-corrected chi connectivity index (χ4v) is 9.35. The molecule has 51 heavy (non-hydrogen) atoms. The van der Waals surface area contributed by atoms with Crippen molar-refractivity contribution in [2.24, 2.45) is 22.7 Å². The summed E-state index contributed by atoms with van der Waals surface area (Å²) < 4.78 is 37.0. The van der Waals surface area contributed by atoms with Gasteiger partial charge in [-0.25, -0.2) is 0 Å². The number of benzene rings is 3. The number of hydrogen-bond acceptors (Lipinski definition) is 7. The molecule has 7 nitrogen and oxygen atoms in total. The molecular weight excluding hydrogens is 640 g/mol. The Morgan fingerprint density at radius 1 is 0.725 bits per heavy atom. The minimum absolute atomic E-state index is 0.00492. The molecule has 2 fully saturated rings. The minimum atomic E-state index is -0.965. The Bertz CT molecular complexity index is 1650. The SMILES string of the molecule is COc1ccc(COCOC[C@@H]2CC[C@H](OCc3ccccc3)[C@@]3(C)CCC4=C(C)CC[C@@](OCc5ccccc5)(C(=O)[C@H]23)C4(C)C)cc1OC. The number of carbonyl (C=O) groups excluding carboxylic acids is 1. The average molecular weight is 697 g/mol. The molecule has 3 aliphatic rings. The van der Waals surface area contributed by atoms with Crippen LogP contribution in [0.15, 0.2) is 90.0 Å². The summed E-state index contributed by atoms with van der Waals surface area (Å²) in [6.45, 7) is 10.9. The fourth-order valence-electron chi connectivity index (χ4n) is 9.35. The molecule has 0 spiro atoms. The topological polar surface area (TPSA) is 72.5 Å². The maximum atomic E-state index is 15.7. The summed E-state index contributed by atoms with van der Waals surface area (Å²) in [5, 5.41) is 0. The van der Waals surface area contributed by atoms with Crippen molar-refractivity contribution in [1.82, 2.24) is 0 Å². The highest BCUT2D eigenvalue weighted by Gasteiger charge is 2.64. The van der Waals surface area contributed by atoms with Gasteiger partial charge in [-0.3, -0.25) is 4.79 Å². The number of ether oxygens (including phenoxy) is 6. The van der Waals surface area contributed by atoms with Gasteiger partial charge in [0, 0.05) is 16.7 Å². The van der Waals surface area contributed by atoms with Crippen LogP contribution in [0, 0.1) is 22.7 Å². The van der Waals surface area contributed by atoms with Crippen LogP contribution in [0.25, 0.3) is 0 Å². The van der Waals surface area contributed by atoms with Gasteiger partial charge in [0.05, 0.1) is 46.8 Å². The molecule has 0 radical (unpaired) electrons. The Kier molecular flexibility index (Phi) is 11.7. The lowest BCUT2D eigenvalue weighted by molar-refractivity contribution is -0.198. The maximum Gasteiger partial charge on any atom is 0.169 e. The summed E-state index contributed by atoms with van der Waals surface area (Å²) in [6, 6.07) is 26.4. The van der Waals surface area contributed by atoms with E-state index in [1.165, 1.54) is 11.1 Å². The van der Waals surface area contributed by atoms with Crippen LogP contribution in [0.2, 0.25) is 0 Å². The lowest BCUT2D eigenvalue weighted by Gasteiger charge is -2.59. The Labute approximate surface area is 304 Å². The van der Waals surface area contributed by atoms with E-state index in [1.54, 1.807) is 14.2 Å². The predicted molar refractivity (Wildman–Crippen MR) is 198 cm³/mol. The predicted octanol–water partition coefficient (Wildman–Crippen LogP) is 9.27. The van der Waals surface area contributed by atoms with E-state index in [0.717, 1.165) is 48.8 Å². The van der Waals surface area contributed by atoms with Crippen LogP contribution in [-0.4, -0.2) is 45.1 Å². The quantitative estimate of drug-likeness (QED) is 0.0945. The molecule has 6 rings (SSSR count). The maximum absolute atomic E-state index is 15.7. The lowest BCUT2D eigenvalue weighted by Crippen LogP contribution is -2.65. The van der Waals surface area contributed by atoms with Crippen molar-refractivity contribution in [2.75, 3.05) is 27.6 Å². The second kappa shape index (κ2) is 16.0. The van der Waals surface area contributed by atoms with Crippen LogP contribution in [0.1, 0.15) is 82.9 Å². The van der Waals surface area contributed by atoms with E-state index < -0.39 is 16.4 Å². The highest BCUT2D eigenvalue weighted by Crippen LogP contribution is 2.60. The van der Waals surface area contributed by atoms with Gasteiger partial charge in [-0.2, -0.15) is 0 Å². The zero-order valence-electron chi connectivity index (χ0n) is 31.4. The largest absolute Gasteiger partial charge is 0.493 e. The summed E-state index contributed by atoms with van der Waals surface area (Å²) >= 11 is 0.